The molecule has 84 valence electrons. The van der Waals surface area contributed by atoms with Crippen molar-refractivity contribution in [3.63, 3.8) is 0 Å². The summed E-state index contributed by atoms with van der Waals surface area (Å²) in [6.45, 7) is 1.61. The number of aromatic nitrogens is 3. The maximum absolute atomic E-state index is 11.7. The zero-order chi connectivity index (χ0) is 11.5. The molecular weight excluding hydrogens is 213 g/mol. The molecule has 0 spiro atoms. The molecule has 1 aromatic heterocycles. The van der Waals surface area contributed by atoms with Gasteiger partial charge < -0.3 is 0 Å². The van der Waals surface area contributed by atoms with Crippen LogP contribution in [0.2, 0.25) is 0 Å². The van der Waals surface area contributed by atoms with Gasteiger partial charge in [-0.3, -0.25) is 15.2 Å². The summed E-state index contributed by atoms with van der Waals surface area (Å²) in [6.07, 6.45) is -6.11. The molecule has 1 heterocycles. The van der Waals surface area contributed by atoms with E-state index in [1.807, 2.05) is 0 Å². The zero-order valence-corrected chi connectivity index (χ0v) is 7.85. The van der Waals surface area contributed by atoms with E-state index in [1.54, 1.807) is 6.92 Å². The Balaban J connectivity index is 2.37. The van der Waals surface area contributed by atoms with Crippen molar-refractivity contribution in [1.82, 2.24) is 15.2 Å². The third-order valence-electron chi connectivity index (χ3n) is 1.48. The Hall–Kier alpha value is -1.60. The molecule has 8 heteroatoms. The third kappa shape index (κ3) is 4.43. The van der Waals surface area contributed by atoms with Gasteiger partial charge in [0.1, 0.15) is 5.82 Å². The lowest BCUT2D eigenvalue weighted by molar-refractivity contribution is -0.142. The van der Waals surface area contributed by atoms with Gasteiger partial charge in [0.2, 0.25) is 11.9 Å². The Bertz CT molecular complexity index is 346. The monoisotopic (exact) mass is 222 g/mol. The molecule has 5 nitrogen and oxygen atoms in total. The molecule has 0 saturated heterocycles. The standard InChI is InChI=1S/C7H9F3N4O/c1-4-11-6(14-13-4)12-5(15)2-3-7(8,9)10/h2-3H2,1H3,(H2,11,12,13,14,15). The number of halogens is 3. The van der Waals surface area contributed by atoms with E-state index in [1.165, 1.54) is 0 Å². The second kappa shape index (κ2) is 4.28. The van der Waals surface area contributed by atoms with Crippen LogP contribution in [0.5, 0.6) is 0 Å². The van der Waals surface area contributed by atoms with Gasteiger partial charge in [-0.2, -0.15) is 18.2 Å². The number of alkyl halides is 3. The van der Waals surface area contributed by atoms with Crippen molar-refractivity contribution in [1.29, 1.82) is 0 Å². The molecule has 2 N–H and O–H groups in total. The summed E-state index contributed by atoms with van der Waals surface area (Å²) in [5.41, 5.74) is 0. The van der Waals surface area contributed by atoms with Gasteiger partial charge in [-0.25, -0.2) is 0 Å². The van der Waals surface area contributed by atoms with E-state index in [4.69, 9.17) is 0 Å². The first-order valence-electron chi connectivity index (χ1n) is 4.12. The fraction of sp³-hybridized carbons (Fsp3) is 0.571. The average molecular weight is 222 g/mol. The second-order valence-electron chi connectivity index (χ2n) is 2.91. The molecule has 0 fully saturated rings. The number of hydrogen-bond donors (Lipinski definition) is 2. The van der Waals surface area contributed by atoms with Gasteiger partial charge in [0.15, 0.2) is 0 Å². The minimum atomic E-state index is -4.33. The van der Waals surface area contributed by atoms with E-state index >= 15 is 0 Å². The third-order valence-corrected chi connectivity index (χ3v) is 1.48. The van der Waals surface area contributed by atoms with Crippen LogP contribution in [0.15, 0.2) is 0 Å². The number of H-pyrrole nitrogens is 1. The molecule has 1 aromatic rings. The molecule has 0 saturated carbocycles. The maximum Gasteiger partial charge on any atom is 0.389 e. The van der Waals surface area contributed by atoms with Gasteiger partial charge in [0.05, 0.1) is 6.42 Å². The predicted octanol–water partition coefficient (Wildman–Crippen LogP) is 1.39. The summed E-state index contributed by atoms with van der Waals surface area (Å²) in [7, 11) is 0. The first kappa shape index (κ1) is 11.5. The molecular formula is C7H9F3N4O. The summed E-state index contributed by atoms with van der Waals surface area (Å²) in [5.74, 6) is -0.299. The average Bonchev–Trinajstić information content (AvgIpc) is 2.47. The van der Waals surface area contributed by atoms with E-state index in [-0.39, 0.29) is 5.95 Å². The van der Waals surface area contributed by atoms with E-state index in [9.17, 15) is 18.0 Å². The Morgan fingerprint density at radius 3 is 2.67 bits per heavy atom. The van der Waals surface area contributed by atoms with Gasteiger partial charge in [-0.05, 0) is 6.92 Å². The van der Waals surface area contributed by atoms with Crippen molar-refractivity contribution in [3.8, 4) is 0 Å². The normalized spacial score (nSPS) is 11.5. The minimum Gasteiger partial charge on any atom is -0.293 e. The van der Waals surface area contributed by atoms with Crippen LogP contribution in [-0.4, -0.2) is 27.3 Å². The number of hydrogen-bond acceptors (Lipinski definition) is 3. The van der Waals surface area contributed by atoms with Crippen molar-refractivity contribution < 1.29 is 18.0 Å². The van der Waals surface area contributed by atoms with Crippen molar-refractivity contribution in [3.05, 3.63) is 5.82 Å². The molecule has 0 aliphatic heterocycles. The highest BCUT2D eigenvalue weighted by molar-refractivity contribution is 5.88. The van der Waals surface area contributed by atoms with Crippen LogP contribution in [0.3, 0.4) is 0 Å². The minimum absolute atomic E-state index is 0.0142. The summed E-state index contributed by atoms with van der Waals surface area (Å²) in [4.78, 5) is 14.7. The lowest BCUT2D eigenvalue weighted by Crippen LogP contribution is -2.17. The number of carbonyl (C=O) groups is 1. The van der Waals surface area contributed by atoms with E-state index in [0.717, 1.165) is 0 Å². The number of aryl methyl sites for hydroxylation is 1. The molecule has 0 aromatic carbocycles. The van der Waals surface area contributed by atoms with Crippen LogP contribution < -0.4 is 5.32 Å². The zero-order valence-electron chi connectivity index (χ0n) is 7.85. The Morgan fingerprint density at radius 1 is 1.53 bits per heavy atom. The van der Waals surface area contributed by atoms with Crippen LogP contribution in [0.25, 0.3) is 0 Å². The van der Waals surface area contributed by atoms with E-state index in [2.05, 4.69) is 20.5 Å². The molecule has 0 bridgehead atoms. The number of nitrogens with zero attached hydrogens (tertiary/aromatic N) is 2. The van der Waals surface area contributed by atoms with Crippen LogP contribution in [-0.2, 0) is 4.79 Å². The smallest absolute Gasteiger partial charge is 0.293 e. The quantitative estimate of drug-likeness (QED) is 0.811. The van der Waals surface area contributed by atoms with Gasteiger partial charge >= 0.3 is 6.18 Å². The van der Waals surface area contributed by atoms with Crippen molar-refractivity contribution in [2.45, 2.75) is 25.9 Å². The molecule has 1 rings (SSSR count). The van der Waals surface area contributed by atoms with Gasteiger partial charge in [-0.15, -0.1) is 5.10 Å². The van der Waals surface area contributed by atoms with Gasteiger partial charge in [0.25, 0.3) is 0 Å². The Kier molecular flexibility index (Phi) is 3.28. The van der Waals surface area contributed by atoms with E-state index in [0.29, 0.717) is 5.82 Å². The maximum atomic E-state index is 11.7. The molecule has 0 unspecified atom stereocenters. The lowest BCUT2D eigenvalue weighted by atomic mass is 10.3. The largest absolute Gasteiger partial charge is 0.389 e. The first-order valence-corrected chi connectivity index (χ1v) is 4.12. The predicted molar refractivity (Wildman–Crippen MR) is 45.0 cm³/mol. The summed E-state index contributed by atoms with van der Waals surface area (Å²) in [6, 6.07) is 0. The summed E-state index contributed by atoms with van der Waals surface area (Å²) < 4.78 is 35.2. The fourth-order valence-electron chi connectivity index (χ4n) is 0.841. The Labute approximate surface area is 83.1 Å². The van der Waals surface area contributed by atoms with Crippen LogP contribution in [0.4, 0.5) is 19.1 Å². The lowest BCUT2D eigenvalue weighted by Gasteiger charge is -2.04. The van der Waals surface area contributed by atoms with Crippen LogP contribution in [0.1, 0.15) is 18.7 Å². The number of carbonyl (C=O) groups excluding carboxylic acids is 1. The highest BCUT2D eigenvalue weighted by atomic mass is 19.4. The van der Waals surface area contributed by atoms with E-state index < -0.39 is 24.9 Å². The molecule has 0 aliphatic rings. The number of amides is 1. The molecule has 0 atom stereocenters. The molecule has 0 radical (unpaired) electrons. The van der Waals surface area contributed by atoms with Gasteiger partial charge in [-0.1, -0.05) is 0 Å². The Morgan fingerprint density at radius 2 is 2.20 bits per heavy atom. The highest BCUT2D eigenvalue weighted by Gasteiger charge is 2.28. The first-order chi connectivity index (χ1) is 6.87. The number of rotatable bonds is 3. The number of nitrogens with one attached hydrogen (secondary N) is 2. The topological polar surface area (TPSA) is 70.7 Å². The van der Waals surface area contributed by atoms with Crippen LogP contribution >= 0.6 is 0 Å². The SMILES string of the molecule is Cc1nc(NC(=O)CCC(F)(F)F)n[nH]1. The summed E-state index contributed by atoms with van der Waals surface area (Å²) in [5, 5.41) is 8.14. The van der Waals surface area contributed by atoms with Crippen molar-refractivity contribution in [2.75, 3.05) is 5.32 Å². The molecule has 1 amide bonds. The number of aromatic amines is 1. The molecule has 0 aliphatic carbocycles. The van der Waals surface area contributed by atoms with Crippen LogP contribution in [0, 0.1) is 6.92 Å². The number of anilines is 1. The van der Waals surface area contributed by atoms with Crippen molar-refractivity contribution in [2.24, 2.45) is 0 Å². The highest BCUT2D eigenvalue weighted by Crippen LogP contribution is 2.21. The fourth-order valence-corrected chi connectivity index (χ4v) is 0.841. The summed E-state index contributed by atoms with van der Waals surface area (Å²) >= 11 is 0. The van der Waals surface area contributed by atoms with Gasteiger partial charge in [0, 0.05) is 6.42 Å². The van der Waals surface area contributed by atoms with Crippen molar-refractivity contribution >= 4 is 11.9 Å². The molecule has 15 heavy (non-hydrogen) atoms. The second-order valence-corrected chi connectivity index (χ2v) is 2.91.